The highest BCUT2D eigenvalue weighted by atomic mass is 19.1. The highest BCUT2D eigenvalue weighted by Gasteiger charge is 2.17. The number of carbonyl (C=O) groups excluding carboxylic acids is 1. The molecule has 1 heterocycles. The quantitative estimate of drug-likeness (QED) is 0.856. The van der Waals surface area contributed by atoms with Crippen molar-refractivity contribution in [1.29, 1.82) is 0 Å². The van der Waals surface area contributed by atoms with Gasteiger partial charge in [0.15, 0.2) is 0 Å². The Morgan fingerprint density at radius 2 is 2.24 bits per heavy atom. The van der Waals surface area contributed by atoms with Crippen molar-refractivity contribution < 1.29 is 9.18 Å². The van der Waals surface area contributed by atoms with Crippen molar-refractivity contribution >= 4 is 5.91 Å². The van der Waals surface area contributed by atoms with Gasteiger partial charge in [-0.2, -0.15) is 5.10 Å². The Hall–Kier alpha value is -2.21. The number of aromatic nitrogens is 2. The molecule has 2 aromatic rings. The van der Waals surface area contributed by atoms with Gasteiger partial charge in [0.1, 0.15) is 11.5 Å². The zero-order chi connectivity index (χ0) is 15.4. The van der Waals surface area contributed by atoms with Crippen LogP contribution in [0.1, 0.15) is 42.4 Å². The van der Waals surface area contributed by atoms with E-state index in [0.29, 0.717) is 11.3 Å². The van der Waals surface area contributed by atoms with E-state index in [1.807, 2.05) is 6.92 Å². The van der Waals surface area contributed by atoms with Crippen LogP contribution >= 0.6 is 0 Å². The first-order chi connectivity index (χ1) is 10.0. The van der Waals surface area contributed by atoms with E-state index in [1.165, 1.54) is 16.8 Å². The number of halogens is 1. The molecule has 1 unspecified atom stereocenters. The summed E-state index contributed by atoms with van der Waals surface area (Å²) in [6.07, 6.45) is 2.56. The van der Waals surface area contributed by atoms with E-state index < -0.39 is 5.91 Å². The summed E-state index contributed by atoms with van der Waals surface area (Å²) < 4.78 is 15.7. The van der Waals surface area contributed by atoms with Crippen molar-refractivity contribution in [2.24, 2.45) is 5.73 Å². The number of hydrogen-bond donors (Lipinski definition) is 2. The van der Waals surface area contributed by atoms with Crippen molar-refractivity contribution in [3.63, 3.8) is 0 Å². The summed E-state index contributed by atoms with van der Waals surface area (Å²) in [5, 5.41) is 7.35. The molecule has 2 rings (SSSR count). The minimum absolute atomic E-state index is 0.152. The molecule has 0 saturated heterocycles. The second-order valence-corrected chi connectivity index (χ2v) is 4.86. The van der Waals surface area contributed by atoms with E-state index in [1.54, 1.807) is 18.3 Å². The van der Waals surface area contributed by atoms with E-state index in [2.05, 4.69) is 17.3 Å². The largest absolute Gasteiger partial charge is 0.364 e. The van der Waals surface area contributed by atoms with Crippen LogP contribution in [-0.2, 0) is 0 Å². The third-order valence-electron chi connectivity index (χ3n) is 3.25. The van der Waals surface area contributed by atoms with E-state index >= 15 is 0 Å². The minimum atomic E-state index is -0.608. The van der Waals surface area contributed by atoms with Crippen molar-refractivity contribution in [1.82, 2.24) is 15.1 Å². The van der Waals surface area contributed by atoms with Gasteiger partial charge in [-0.1, -0.05) is 13.0 Å². The molecule has 0 aliphatic carbocycles. The van der Waals surface area contributed by atoms with E-state index in [9.17, 15) is 9.18 Å². The Morgan fingerprint density at radius 1 is 1.48 bits per heavy atom. The molecule has 1 amide bonds. The van der Waals surface area contributed by atoms with Crippen molar-refractivity contribution in [2.45, 2.75) is 26.3 Å². The average Bonchev–Trinajstić information content (AvgIpc) is 2.94. The number of nitrogens with one attached hydrogen (secondary N) is 1. The highest BCUT2D eigenvalue weighted by Crippen LogP contribution is 2.24. The lowest BCUT2D eigenvalue weighted by Crippen LogP contribution is -2.22. The second kappa shape index (κ2) is 6.49. The third kappa shape index (κ3) is 3.28. The van der Waals surface area contributed by atoms with Crippen LogP contribution in [0.2, 0.25) is 0 Å². The fraction of sp³-hybridized carbons (Fsp3) is 0.333. The van der Waals surface area contributed by atoms with Crippen LogP contribution in [0, 0.1) is 5.82 Å². The molecule has 1 atom stereocenters. The molecule has 6 heteroatoms. The van der Waals surface area contributed by atoms with Gasteiger partial charge in [-0.3, -0.25) is 4.79 Å². The molecule has 0 fully saturated rings. The lowest BCUT2D eigenvalue weighted by molar-refractivity contribution is 0.0995. The van der Waals surface area contributed by atoms with Gasteiger partial charge in [-0.05, 0) is 38.1 Å². The molecule has 21 heavy (non-hydrogen) atoms. The molecule has 0 spiro atoms. The molecule has 0 bridgehead atoms. The molecule has 5 nitrogen and oxygen atoms in total. The Balaban J connectivity index is 2.42. The van der Waals surface area contributed by atoms with Crippen LogP contribution < -0.4 is 11.1 Å². The number of benzene rings is 1. The first-order valence-corrected chi connectivity index (χ1v) is 6.92. The van der Waals surface area contributed by atoms with Crippen molar-refractivity contribution in [3.05, 3.63) is 47.5 Å². The number of carbonyl (C=O) groups is 1. The predicted molar refractivity (Wildman–Crippen MR) is 78.7 cm³/mol. The average molecular weight is 290 g/mol. The van der Waals surface area contributed by atoms with Crippen LogP contribution in [0.4, 0.5) is 4.39 Å². The summed E-state index contributed by atoms with van der Waals surface area (Å²) in [5.41, 5.74) is 6.46. The van der Waals surface area contributed by atoms with Crippen LogP contribution in [0.25, 0.3) is 5.69 Å². The normalized spacial score (nSPS) is 12.3. The molecule has 0 saturated carbocycles. The van der Waals surface area contributed by atoms with Gasteiger partial charge >= 0.3 is 0 Å². The Bertz CT molecular complexity index is 638. The molecule has 0 aliphatic rings. The standard InChI is InChI=1S/C15H19FN4O/c1-3-8-18-10(2)14-11(16)5-4-6-13(14)20-9-7-12(19-20)15(17)21/h4-7,9-10,18H,3,8H2,1-2H3,(H2,17,21). The first kappa shape index (κ1) is 15.2. The Morgan fingerprint density at radius 3 is 2.86 bits per heavy atom. The zero-order valence-electron chi connectivity index (χ0n) is 12.1. The Kier molecular flexibility index (Phi) is 4.70. The van der Waals surface area contributed by atoms with Gasteiger partial charge in [0.25, 0.3) is 5.91 Å². The summed E-state index contributed by atoms with van der Waals surface area (Å²) in [4.78, 5) is 11.1. The van der Waals surface area contributed by atoms with E-state index in [0.717, 1.165) is 13.0 Å². The molecule has 0 aliphatic heterocycles. The summed E-state index contributed by atoms with van der Waals surface area (Å²) in [7, 11) is 0. The van der Waals surface area contributed by atoms with Gasteiger partial charge in [0, 0.05) is 17.8 Å². The third-order valence-corrected chi connectivity index (χ3v) is 3.25. The minimum Gasteiger partial charge on any atom is -0.364 e. The maximum Gasteiger partial charge on any atom is 0.269 e. The van der Waals surface area contributed by atoms with Gasteiger partial charge in [0.05, 0.1) is 5.69 Å². The summed E-state index contributed by atoms with van der Waals surface area (Å²) in [6.45, 7) is 4.74. The Labute approximate surface area is 123 Å². The SMILES string of the molecule is CCCNC(C)c1c(F)cccc1-n1ccc(C(N)=O)n1. The van der Waals surface area contributed by atoms with Gasteiger partial charge in [0.2, 0.25) is 0 Å². The maximum atomic E-state index is 14.2. The van der Waals surface area contributed by atoms with Crippen molar-refractivity contribution in [2.75, 3.05) is 6.54 Å². The number of primary amides is 1. The molecule has 112 valence electrons. The first-order valence-electron chi connectivity index (χ1n) is 6.92. The molecular formula is C15H19FN4O. The summed E-state index contributed by atoms with van der Waals surface area (Å²) in [6, 6.07) is 6.15. The second-order valence-electron chi connectivity index (χ2n) is 4.86. The number of hydrogen-bond acceptors (Lipinski definition) is 3. The van der Waals surface area contributed by atoms with Gasteiger partial charge < -0.3 is 11.1 Å². The zero-order valence-corrected chi connectivity index (χ0v) is 12.1. The van der Waals surface area contributed by atoms with E-state index in [-0.39, 0.29) is 17.6 Å². The van der Waals surface area contributed by atoms with Crippen LogP contribution in [0.15, 0.2) is 30.5 Å². The predicted octanol–water partition coefficient (Wildman–Crippen LogP) is 2.17. The molecule has 0 radical (unpaired) electrons. The molecule has 1 aromatic heterocycles. The molecular weight excluding hydrogens is 271 g/mol. The highest BCUT2D eigenvalue weighted by molar-refractivity contribution is 5.90. The maximum absolute atomic E-state index is 14.2. The van der Waals surface area contributed by atoms with Crippen LogP contribution in [-0.4, -0.2) is 22.2 Å². The lowest BCUT2D eigenvalue weighted by atomic mass is 10.1. The molecule has 1 aromatic carbocycles. The van der Waals surface area contributed by atoms with Gasteiger partial charge in [-0.15, -0.1) is 0 Å². The topological polar surface area (TPSA) is 72.9 Å². The number of rotatable bonds is 6. The lowest BCUT2D eigenvalue weighted by Gasteiger charge is -2.18. The van der Waals surface area contributed by atoms with Crippen LogP contribution in [0.3, 0.4) is 0 Å². The summed E-state index contributed by atoms with van der Waals surface area (Å²) in [5.74, 6) is -0.913. The molecule has 3 N–H and O–H groups in total. The van der Waals surface area contributed by atoms with Crippen molar-refractivity contribution in [3.8, 4) is 5.69 Å². The number of amides is 1. The number of nitrogens with zero attached hydrogens (tertiary/aromatic N) is 2. The summed E-state index contributed by atoms with van der Waals surface area (Å²) >= 11 is 0. The van der Waals surface area contributed by atoms with Crippen LogP contribution in [0.5, 0.6) is 0 Å². The van der Waals surface area contributed by atoms with Gasteiger partial charge in [-0.25, -0.2) is 9.07 Å². The monoisotopic (exact) mass is 290 g/mol. The smallest absolute Gasteiger partial charge is 0.269 e. The fourth-order valence-corrected chi connectivity index (χ4v) is 2.21. The van der Waals surface area contributed by atoms with E-state index in [4.69, 9.17) is 5.73 Å². The number of nitrogens with two attached hydrogens (primary N) is 1. The fourth-order valence-electron chi connectivity index (χ4n) is 2.21.